The molecule has 2 N–H and O–H groups in total. The Hall–Kier alpha value is -0.160. The largest absolute Gasteiger partial charge is 0.394 e. The number of hydrogen-bond acceptors (Lipinski definition) is 4. The minimum absolute atomic E-state index is 0.00347. The molecule has 0 amide bonds. The average molecular weight is 149 g/mol. The molecular weight excluding hydrogens is 136 g/mol. The monoisotopic (exact) mass is 149 g/mol. The van der Waals surface area contributed by atoms with Crippen molar-refractivity contribution < 1.29 is 20.0 Å². The smallest absolute Gasteiger partial charge is 0.110 e. The third-order valence-corrected chi connectivity index (χ3v) is 0.782. The second-order valence-electron chi connectivity index (χ2n) is 1.80. The van der Waals surface area contributed by atoms with Gasteiger partial charge in [-0.2, -0.15) is 0 Å². The highest BCUT2D eigenvalue weighted by atomic mass is 17.2. The molecule has 0 heterocycles. The second kappa shape index (κ2) is 6.95. The molecule has 0 aliphatic heterocycles. The van der Waals surface area contributed by atoms with Gasteiger partial charge in [-0.15, -0.1) is 0 Å². The molecule has 0 aliphatic carbocycles. The Morgan fingerprint density at radius 1 is 1.40 bits per heavy atom. The summed E-state index contributed by atoms with van der Waals surface area (Å²) in [6, 6.07) is 0. The SMILES string of the molecule is [CH2]CCOOCC(O)CO. The van der Waals surface area contributed by atoms with Gasteiger partial charge in [0.05, 0.1) is 13.2 Å². The lowest BCUT2D eigenvalue weighted by Crippen LogP contribution is -2.19. The van der Waals surface area contributed by atoms with Gasteiger partial charge >= 0.3 is 0 Å². The van der Waals surface area contributed by atoms with Gasteiger partial charge in [0.15, 0.2) is 0 Å². The minimum atomic E-state index is -0.857. The summed E-state index contributed by atoms with van der Waals surface area (Å²) in [5, 5.41) is 17.0. The summed E-state index contributed by atoms with van der Waals surface area (Å²) in [4.78, 5) is 9.00. The molecule has 4 nitrogen and oxygen atoms in total. The van der Waals surface area contributed by atoms with Crippen LogP contribution >= 0.6 is 0 Å². The fourth-order valence-corrected chi connectivity index (χ4v) is 0.297. The van der Waals surface area contributed by atoms with Crippen molar-refractivity contribution in [3.05, 3.63) is 6.92 Å². The zero-order valence-electron chi connectivity index (χ0n) is 5.82. The first-order valence-electron chi connectivity index (χ1n) is 3.13. The Labute approximate surface area is 60.3 Å². The van der Waals surface area contributed by atoms with E-state index >= 15 is 0 Å². The van der Waals surface area contributed by atoms with E-state index in [0.29, 0.717) is 13.0 Å². The van der Waals surface area contributed by atoms with Crippen LogP contribution in [-0.4, -0.2) is 36.1 Å². The first-order valence-corrected chi connectivity index (χ1v) is 3.13. The molecule has 0 aromatic heterocycles. The summed E-state index contributed by atoms with van der Waals surface area (Å²) in [5.41, 5.74) is 0. The van der Waals surface area contributed by atoms with E-state index in [1.807, 2.05) is 0 Å². The van der Waals surface area contributed by atoms with Crippen molar-refractivity contribution in [2.24, 2.45) is 0 Å². The number of hydrogen-bond donors (Lipinski definition) is 2. The Balaban J connectivity index is 2.89. The minimum Gasteiger partial charge on any atom is -0.394 e. The molecule has 0 saturated carbocycles. The van der Waals surface area contributed by atoms with E-state index in [1.54, 1.807) is 0 Å². The van der Waals surface area contributed by atoms with E-state index in [4.69, 9.17) is 10.2 Å². The van der Waals surface area contributed by atoms with Crippen molar-refractivity contribution in [1.82, 2.24) is 0 Å². The lowest BCUT2D eigenvalue weighted by atomic mass is 10.4. The molecule has 0 saturated heterocycles. The molecule has 0 bridgehead atoms. The van der Waals surface area contributed by atoms with Crippen LogP contribution < -0.4 is 0 Å². The van der Waals surface area contributed by atoms with E-state index in [9.17, 15) is 0 Å². The molecule has 0 fully saturated rings. The molecule has 0 aromatic carbocycles. The van der Waals surface area contributed by atoms with Gasteiger partial charge < -0.3 is 10.2 Å². The first-order chi connectivity index (χ1) is 4.81. The summed E-state index contributed by atoms with van der Waals surface area (Å²) in [7, 11) is 0. The maximum Gasteiger partial charge on any atom is 0.110 e. The maximum absolute atomic E-state index is 8.69. The molecule has 0 spiro atoms. The van der Waals surface area contributed by atoms with Gasteiger partial charge in [-0.1, -0.05) is 6.92 Å². The zero-order chi connectivity index (χ0) is 7.82. The standard InChI is InChI=1S/C6H13O4/c1-2-3-9-10-5-6(8)4-7/h6-8H,1-5H2. The molecule has 61 valence electrons. The summed E-state index contributed by atoms with van der Waals surface area (Å²) < 4.78 is 0. The van der Waals surface area contributed by atoms with Crippen LogP contribution in [0.25, 0.3) is 0 Å². The van der Waals surface area contributed by atoms with Crippen molar-refractivity contribution >= 4 is 0 Å². The summed E-state index contributed by atoms with van der Waals surface area (Å²) in [6.45, 7) is 3.59. The van der Waals surface area contributed by atoms with Crippen LogP contribution in [0.3, 0.4) is 0 Å². The number of rotatable bonds is 6. The number of aliphatic hydroxyl groups excluding tert-OH is 2. The van der Waals surface area contributed by atoms with Gasteiger partial charge in [0.1, 0.15) is 12.7 Å². The summed E-state index contributed by atoms with van der Waals surface area (Å²) in [5.74, 6) is 0. The molecule has 1 atom stereocenters. The Morgan fingerprint density at radius 3 is 2.60 bits per heavy atom. The van der Waals surface area contributed by atoms with Crippen LogP contribution in [-0.2, 0) is 9.78 Å². The Morgan fingerprint density at radius 2 is 2.10 bits per heavy atom. The lowest BCUT2D eigenvalue weighted by molar-refractivity contribution is -0.305. The van der Waals surface area contributed by atoms with E-state index < -0.39 is 6.10 Å². The van der Waals surface area contributed by atoms with E-state index in [0.717, 1.165) is 0 Å². The van der Waals surface area contributed by atoms with E-state index in [1.165, 1.54) is 0 Å². The fraction of sp³-hybridized carbons (Fsp3) is 0.833. The Kier molecular flexibility index (Phi) is 6.84. The third-order valence-electron chi connectivity index (χ3n) is 0.782. The third kappa shape index (κ3) is 5.97. The molecule has 1 radical (unpaired) electrons. The van der Waals surface area contributed by atoms with Crippen LogP contribution in [0.5, 0.6) is 0 Å². The van der Waals surface area contributed by atoms with Gasteiger partial charge in [0.25, 0.3) is 0 Å². The van der Waals surface area contributed by atoms with Crippen molar-refractivity contribution in [2.75, 3.05) is 19.8 Å². The lowest BCUT2D eigenvalue weighted by Gasteiger charge is -2.05. The number of aliphatic hydroxyl groups is 2. The quantitative estimate of drug-likeness (QED) is 0.304. The normalized spacial score (nSPS) is 13.5. The van der Waals surface area contributed by atoms with Gasteiger partial charge in [0.2, 0.25) is 0 Å². The predicted octanol–water partition coefficient (Wildman–Crippen LogP) is -0.488. The van der Waals surface area contributed by atoms with Crippen molar-refractivity contribution in [1.29, 1.82) is 0 Å². The van der Waals surface area contributed by atoms with Crippen molar-refractivity contribution in [3.8, 4) is 0 Å². The van der Waals surface area contributed by atoms with Gasteiger partial charge in [-0.3, -0.25) is 0 Å². The molecule has 0 rings (SSSR count). The van der Waals surface area contributed by atoms with Gasteiger partial charge in [-0.25, -0.2) is 9.78 Å². The topological polar surface area (TPSA) is 58.9 Å². The summed E-state index contributed by atoms with van der Waals surface area (Å²) >= 11 is 0. The van der Waals surface area contributed by atoms with E-state index in [2.05, 4.69) is 16.7 Å². The van der Waals surface area contributed by atoms with Gasteiger partial charge in [0, 0.05) is 0 Å². The highest BCUT2D eigenvalue weighted by Gasteiger charge is 2.00. The fourth-order valence-electron chi connectivity index (χ4n) is 0.297. The maximum atomic E-state index is 8.69. The molecule has 1 unspecified atom stereocenters. The van der Waals surface area contributed by atoms with E-state index in [-0.39, 0.29) is 13.2 Å². The second-order valence-corrected chi connectivity index (χ2v) is 1.80. The molecule has 4 heteroatoms. The summed E-state index contributed by atoms with van der Waals surface area (Å²) in [6.07, 6.45) is -0.236. The molecule has 0 aromatic rings. The first kappa shape index (κ1) is 9.84. The van der Waals surface area contributed by atoms with Gasteiger partial charge in [-0.05, 0) is 6.42 Å². The van der Waals surface area contributed by atoms with Crippen molar-refractivity contribution in [3.63, 3.8) is 0 Å². The van der Waals surface area contributed by atoms with Crippen LogP contribution in [0.4, 0.5) is 0 Å². The molecular formula is C6H13O4. The predicted molar refractivity (Wildman–Crippen MR) is 35.0 cm³/mol. The highest BCUT2D eigenvalue weighted by Crippen LogP contribution is 1.86. The van der Waals surface area contributed by atoms with Crippen molar-refractivity contribution in [2.45, 2.75) is 12.5 Å². The average Bonchev–Trinajstić information content (AvgIpc) is 1.98. The van der Waals surface area contributed by atoms with Crippen LogP contribution in [0.2, 0.25) is 0 Å². The zero-order valence-corrected chi connectivity index (χ0v) is 5.82. The molecule has 10 heavy (non-hydrogen) atoms. The van der Waals surface area contributed by atoms with Crippen LogP contribution in [0, 0.1) is 6.92 Å². The highest BCUT2D eigenvalue weighted by molar-refractivity contribution is 4.45. The Bertz CT molecular complexity index is 66.8. The molecule has 0 aliphatic rings. The van der Waals surface area contributed by atoms with Crippen LogP contribution in [0.1, 0.15) is 6.42 Å². The van der Waals surface area contributed by atoms with Crippen LogP contribution in [0.15, 0.2) is 0 Å².